The van der Waals surface area contributed by atoms with E-state index in [1.807, 2.05) is 23.1 Å². The molecule has 4 nitrogen and oxygen atoms in total. The van der Waals surface area contributed by atoms with Crippen LogP contribution in [0.3, 0.4) is 0 Å². The molecule has 1 unspecified atom stereocenters. The first-order valence-corrected chi connectivity index (χ1v) is 14.7. The van der Waals surface area contributed by atoms with Crippen molar-refractivity contribution in [2.45, 2.75) is 29.7 Å². The number of nitrogens with zero attached hydrogens (tertiary/aromatic N) is 4. The van der Waals surface area contributed by atoms with Crippen molar-refractivity contribution in [2.24, 2.45) is 0 Å². The van der Waals surface area contributed by atoms with Crippen molar-refractivity contribution in [2.75, 3.05) is 66.8 Å². The summed E-state index contributed by atoms with van der Waals surface area (Å²) in [4.78, 5) is 3.96. The normalized spacial score (nSPS) is 15.3. The molecule has 3 aromatic rings. The highest BCUT2D eigenvalue weighted by Gasteiger charge is 2.28. The lowest BCUT2D eigenvalue weighted by molar-refractivity contribution is -0.873. The van der Waals surface area contributed by atoms with E-state index in [4.69, 9.17) is 0 Å². The highest BCUT2D eigenvalue weighted by atomic mass is 79.9. The molecular weight excluding hydrogens is 720 g/mol. The summed E-state index contributed by atoms with van der Waals surface area (Å²) in [5, 5.41) is 1.67. The van der Waals surface area contributed by atoms with Crippen molar-refractivity contribution in [1.82, 2.24) is 0 Å². The van der Waals surface area contributed by atoms with Crippen molar-refractivity contribution >= 4 is 45.1 Å². The van der Waals surface area contributed by atoms with Gasteiger partial charge in [0.15, 0.2) is 6.54 Å². The molecule has 0 radical (unpaired) electrons. The van der Waals surface area contributed by atoms with Gasteiger partial charge < -0.3 is 64.8 Å². The number of quaternary nitrogens is 2. The van der Waals surface area contributed by atoms with Gasteiger partial charge in [-0.1, -0.05) is 65.6 Å². The van der Waals surface area contributed by atoms with Gasteiger partial charge in [-0.25, -0.2) is 0 Å². The fourth-order valence-corrected chi connectivity index (χ4v) is 6.98. The molecule has 0 fully saturated rings. The molecule has 4 rings (SSSR count). The van der Waals surface area contributed by atoms with E-state index in [1.165, 1.54) is 51.7 Å². The molecule has 9 heteroatoms. The SMILES string of the molecule is C[N+](C)(C)CCCN1c2ccccc2SC1C=CC=Cc1sc2ccccc2[n+]1CCC[N+](C)(C)C.[Br-].[Br-].[Br-]. The van der Waals surface area contributed by atoms with Gasteiger partial charge in [0.05, 0.1) is 72.9 Å². The Morgan fingerprint density at radius 1 is 0.821 bits per heavy atom. The van der Waals surface area contributed by atoms with Crippen molar-refractivity contribution in [3.05, 3.63) is 71.8 Å². The van der Waals surface area contributed by atoms with Gasteiger partial charge in [0.25, 0.3) is 5.01 Å². The van der Waals surface area contributed by atoms with E-state index >= 15 is 0 Å². The largest absolute Gasteiger partial charge is 1.00 e. The summed E-state index contributed by atoms with van der Waals surface area (Å²) in [6.07, 6.45) is 11.5. The monoisotopic (exact) mass is 760 g/mol. The first-order chi connectivity index (χ1) is 17.1. The topological polar surface area (TPSA) is 7.12 Å². The fraction of sp³-hybridized carbons (Fsp3) is 0.433. The summed E-state index contributed by atoms with van der Waals surface area (Å²) in [6.45, 7) is 4.49. The number of aromatic nitrogens is 1. The molecule has 0 amide bonds. The van der Waals surface area contributed by atoms with Gasteiger partial charge in [0.2, 0.25) is 5.52 Å². The van der Waals surface area contributed by atoms with Crippen molar-refractivity contribution in [3.8, 4) is 0 Å². The number of para-hydroxylation sites is 2. The summed E-state index contributed by atoms with van der Waals surface area (Å²) in [7, 11) is 13.6. The molecule has 0 bridgehead atoms. The number of fused-ring (bicyclic) bond motifs is 2. The maximum Gasteiger partial charge on any atom is 0.262 e. The molecule has 1 aliphatic rings. The molecule has 0 N–H and O–H groups in total. The maximum absolute atomic E-state index is 2.57. The van der Waals surface area contributed by atoms with Crippen LogP contribution in [-0.2, 0) is 6.54 Å². The fourth-order valence-electron chi connectivity index (χ4n) is 4.64. The van der Waals surface area contributed by atoms with Gasteiger partial charge in [0.1, 0.15) is 4.70 Å². The molecule has 0 saturated carbocycles. The maximum atomic E-state index is 2.57. The number of aryl methyl sites for hydroxylation is 1. The summed E-state index contributed by atoms with van der Waals surface area (Å²) in [6, 6.07) is 17.6. The zero-order chi connectivity index (χ0) is 25.8. The number of hydrogen-bond donors (Lipinski definition) is 0. The molecule has 0 spiro atoms. The minimum Gasteiger partial charge on any atom is -1.00 e. The molecule has 216 valence electrons. The van der Waals surface area contributed by atoms with Crippen LogP contribution in [0.2, 0.25) is 0 Å². The molecule has 0 saturated heterocycles. The van der Waals surface area contributed by atoms with Crippen LogP contribution in [0.1, 0.15) is 17.8 Å². The van der Waals surface area contributed by atoms with Gasteiger partial charge in [-0.15, -0.1) is 0 Å². The second kappa shape index (κ2) is 16.1. The predicted molar refractivity (Wildman–Crippen MR) is 159 cm³/mol. The molecule has 1 aromatic heterocycles. The number of hydrogen-bond acceptors (Lipinski definition) is 3. The third-order valence-corrected chi connectivity index (χ3v) is 8.81. The smallest absolute Gasteiger partial charge is 0.262 e. The van der Waals surface area contributed by atoms with Crippen LogP contribution in [-0.4, -0.2) is 76.3 Å². The molecular formula is C30H43Br3N4S2. The molecule has 0 aliphatic carbocycles. The Bertz CT molecular complexity index is 1230. The number of allylic oxidation sites excluding steroid dienone is 2. The van der Waals surface area contributed by atoms with Crippen LogP contribution in [0.15, 0.2) is 71.7 Å². The molecule has 2 aromatic carbocycles. The van der Waals surface area contributed by atoms with E-state index in [-0.39, 0.29) is 50.9 Å². The lowest BCUT2D eigenvalue weighted by Crippen LogP contribution is -3.00. The Morgan fingerprint density at radius 2 is 1.46 bits per heavy atom. The van der Waals surface area contributed by atoms with E-state index in [0.29, 0.717) is 5.37 Å². The Balaban J connectivity index is 0.00000253. The van der Waals surface area contributed by atoms with Crippen LogP contribution < -0.4 is 60.4 Å². The van der Waals surface area contributed by atoms with E-state index < -0.39 is 0 Å². The molecule has 1 aliphatic heterocycles. The second-order valence-electron chi connectivity index (χ2n) is 11.7. The molecule has 1 atom stereocenters. The van der Waals surface area contributed by atoms with Gasteiger partial charge >= 0.3 is 0 Å². The minimum absolute atomic E-state index is 0. The lowest BCUT2D eigenvalue weighted by Gasteiger charge is -2.28. The Hall–Kier alpha value is -0.680. The zero-order valence-corrected chi connectivity index (χ0v) is 30.4. The van der Waals surface area contributed by atoms with Crippen molar-refractivity contribution < 1.29 is 64.5 Å². The van der Waals surface area contributed by atoms with Gasteiger partial charge in [-0.2, -0.15) is 4.57 Å². The zero-order valence-electron chi connectivity index (χ0n) is 24.0. The average molecular weight is 764 g/mol. The number of anilines is 1. The summed E-state index contributed by atoms with van der Waals surface area (Å²) < 4.78 is 5.87. The van der Waals surface area contributed by atoms with Gasteiger partial charge in [-0.05, 0) is 18.2 Å². The van der Waals surface area contributed by atoms with Crippen LogP contribution in [0.25, 0.3) is 16.3 Å². The highest BCUT2D eigenvalue weighted by Crippen LogP contribution is 2.43. The van der Waals surface area contributed by atoms with Crippen LogP contribution in [0.5, 0.6) is 0 Å². The first-order valence-electron chi connectivity index (χ1n) is 13.0. The Kier molecular flexibility index (Phi) is 15.0. The molecule has 39 heavy (non-hydrogen) atoms. The summed E-state index contributed by atoms with van der Waals surface area (Å²) >= 11 is 3.85. The number of thiazole rings is 1. The summed E-state index contributed by atoms with van der Waals surface area (Å²) in [5.74, 6) is 0. The van der Waals surface area contributed by atoms with E-state index in [1.54, 1.807) is 0 Å². The average Bonchev–Trinajstić information content (AvgIpc) is 3.33. The number of benzene rings is 2. The quantitative estimate of drug-likeness (QED) is 0.116. The minimum atomic E-state index is 0. The third kappa shape index (κ3) is 10.6. The summed E-state index contributed by atoms with van der Waals surface area (Å²) in [5.41, 5.74) is 2.72. The Labute approximate surface area is 275 Å². The lowest BCUT2D eigenvalue weighted by atomic mass is 10.2. The van der Waals surface area contributed by atoms with Crippen molar-refractivity contribution in [3.63, 3.8) is 0 Å². The second-order valence-corrected chi connectivity index (χ2v) is 13.9. The van der Waals surface area contributed by atoms with E-state index in [9.17, 15) is 0 Å². The first kappa shape index (κ1) is 36.3. The van der Waals surface area contributed by atoms with E-state index in [0.717, 1.165) is 22.1 Å². The highest BCUT2D eigenvalue weighted by molar-refractivity contribution is 8.00. The van der Waals surface area contributed by atoms with E-state index in [2.05, 4.69) is 125 Å². The third-order valence-electron chi connectivity index (χ3n) is 6.43. The van der Waals surface area contributed by atoms with Gasteiger partial charge in [0, 0.05) is 30.0 Å². The standard InChI is InChI=1S/C30H43N4S2.3BrH/c1-33(2,3)23-13-21-31-25-15-7-9-17-27(25)35-29(31)19-11-12-20-30-32(22-14-24-34(4,5)6)26-16-8-10-18-28(26)36-30;;;/h7-12,15-20,29H,13-14,21-24H2,1-6H3;3*1H/q+3;;;/p-3. The van der Waals surface area contributed by atoms with Crippen LogP contribution in [0.4, 0.5) is 5.69 Å². The van der Waals surface area contributed by atoms with Crippen LogP contribution >= 0.6 is 23.1 Å². The van der Waals surface area contributed by atoms with Gasteiger partial charge in [-0.3, -0.25) is 0 Å². The molecule has 2 heterocycles. The number of thioether (sulfide) groups is 1. The number of rotatable bonds is 11. The predicted octanol–water partition coefficient (Wildman–Crippen LogP) is -3.10. The van der Waals surface area contributed by atoms with Crippen LogP contribution in [0, 0.1) is 0 Å². The van der Waals surface area contributed by atoms with Crippen molar-refractivity contribution in [1.29, 1.82) is 0 Å². The number of halogens is 3. The Morgan fingerprint density at radius 3 is 2.18 bits per heavy atom.